The SMILES string of the molecule is CN(C)c1nc(CNS(=O)(=O)c2cc(Cl)ccc2Cl)nc(N2CCCC2)n1. The van der Waals surface area contributed by atoms with Crippen LogP contribution in [0, 0.1) is 0 Å². The topological polar surface area (TPSA) is 91.3 Å². The summed E-state index contributed by atoms with van der Waals surface area (Å²) in [5.41, 5.74) is 0. The zero-order valence-corrected chi connectivity index (χ0v) is 17.3. The second-order valence-corrected chi connectivity index (χ2v) is 8.92. The van der Waals surface area contributed by atoms with E-state index >= 15 is 0 Å². The number of sulfonamides is 1. The molecule has 0 spiro atoms. The summed E-state index contributed by atoms with van der Waals surface area (Å²) < 4.78 is 27.7. The molecular formula is C16H20Cl2N6O2S. The van der Waals surface area contributed by atoms with Gasteiger partial charge >= 0.3 is 0 Å². The highest BCUT2D eigenvalue weighted by Gasteiger charge is 2.21. The molecule has 1 aliphatic heterocycles. The fraction of sp³-hybridized carbons (Fsp3) is 0.438. The van der Waals surface area contributed by atoms with Crippen molar-refractivity contribution in [2.24, 2.45) is 0 Å². The minimum absolute atomic E-state index is 0.0849. The highest BCUT2D eigenvalue weighted by molar-refractivity contribution is 7.89. The quantitative estimate of drug-likeness (QED) is 0.751. The first-order valence-electron chi connectivity index (χ1n) is 8.38. The summed E-state index contributed by atoms with van der Waals surface area (Å²) in [5.74, 6) is 1.36. The number of anilines is 2. The second kappa shape index (κ2) is 8.14. The average Bonchev–Trinajstić information content (AvgIpc) is 3.16. The first-order chi connectivity index (χ1) is 12.8. The van der Waals surface area contributed by atoms with Gasteiger partial charge < -0.3 is 9.80 Å². The van der Waals surface area contributed by atoms with Gasteiger partial charge in [-0.3, -0.25) is 0 Å². The third kappa shape index (κ3) is 4.78. The number of hydrogen-bond acceptors (Lipinski definition) is 7. The minimum atomic E-state index is -3.87. The van der Waals surface area contributed by atoms with Crippen molar-refractivity contribution in [1.29, 1.82) is 0 Å². The van der Waals surface area contributed by atoms with Gasteiger partial charge in [-0.1, -0.05) is 23.2 Å². The molecule has 8 nitrogen and oxygen atoms in total. The van der Waals surface area contributed by atoms with Crippen molar-refractivity contribution < 1.29 is 8.42 Å². The summed E-state index contributed by atoms with van der Waals surface area (Å²) in [7, 11) is -0.226. The molecule has 2 heterocycles. The lowest BCUT2D eigenvalue weighted by Gasteiger charge is -2.19. The lowest BCUT2D eigenvalue weighted by Crippen LogP contribution is -2.28. The van der Waals surface area contributed by atoms with Crippen LogP contribution in [-0.2, 0) is 16.6 Å². The van der Waals surface area contributed by atoms with E-state index in [2.05, 4.69) is 24.6 Å². The Morgan fingerprint density at radius 2 is 1.85 bits per heavy atom. The Hall–Kier alpha value is -1.68. The van der Waals surface area contributed by atoms with E-state index in [-0.39, 0.29) is 21.5 Å². The summed E-state index contributed by atoms with van der Waals surface area (Å²) in [6.07, 6.45) is 2.16. The third-order valence-corrected chi connectivity index (χ3v) is 6.17. The van der Waals surface area contributed by atoms with Gasteiger partial charge in [-0.2, -0.15) is 15.0 Å². The van der Waals surface area contributed by atoms with Gasteiger partial charge in [-0.25, -0.2) is 13.1 Å². The summed E-state index contributed by atoms with van der Waals surface area (Å²) >= 11 is 11.9. The number of halogens is 2. The highest BCUT2D eigenvalue weighted by atomic mass is 35.5. The molecule has 0 saturated carbocycles. The molecule has 11 heteroatoms. The van der Waals surface area contributed by atoms with Gasteiger partial charge in [0.05, 0.1) is 11.6 Å². The van der Waals surface area contributed by atoms with Crippen LogP contribution in [0.1, 0.15) is 18.7 Å². The monoisotopic (exact) mass is 430 g/mol. The van der Waals surface area contributed by atoms with E-state index in [4.69, 9.17) is 23.2 Å². The zero-order valence-electron chi connectivity index (χ0n) is 15.0. The van der Waals surface area contributed by atoms with Gasteiger partial charge in [0.1, 0.15) is 4.90 Å². The van der Waals surface area contributed by atoms with Crippen molar-refractivity contribution in [2.45, 2.75) is 24.3 Å². The number of nitrogens with zero attached hydrogens (tertiary/aromatic N) is 5. The Morgan fingerprint density at radius 3 is 2.52 bits per heavy atom. The van der Waals surface area contributed by atoms with Crippen LogP contribution in [0.2, 0.25) is 10.0 Å². The molecule has 0 aliphatic carbocycles. The first kappa shape index (κ1) is 20.1. The van der Waals surface area contributed by atoms with Crippen LogP contribution < -0.4 is 14.5 Å². The predicted octanol–water partition coefficient (Wildman–Crippen LogP) is 2.32. The van der Waals surface area contributed by atoms with Crippen LogP contribution >= 0.6 is 23.2 Å². The maximum absolute atomic E-state index is 12.6. The summed E-state index contributed by atoms with van der Waals surface area (Å²) in [6.45, 7) is 1.66. The largest absolute Gasteiger partial charge is 0.347 e. The predicted molar refractivity (Wildman–Crippen MR) is 106 cm³/mol. The van der Waals surface area contributed by atoms with Crippen molar-refractivity contribution >= 4 is 45.1 Å². The molecule has 1 N–H and O–H groups in total. The van der Waals surface area contributed by atoms with E-state index in [0.717, 1.165) is 25.9 Å². The fourth-order valence-corrected chi connectivity index (χ4v) is 4.39. The van der Waals surface area contributed by atoms with Crippen molar-refractivity contribution in [1.82, 2.24) is 19.7 Å². The van der Waals surface area contributed by atoms with E-state index < -0.39 is 10.0 Å². The van der Waals surface area contributed by atoms with Crippen LogP contribution in [0.3, 0.4) is 0 Å². The molecule has 0 amide bonds. The zero-order chi connectivity index (χ0) is 19.6. The van der Waals surface area contributed by atoms with Crippen LogP contribution in [0.5, 0.6) is 0 Å². The number of hydrogen-bond donors (Lipinski definition) is 1. The first-order valence-corrected chi connectivity index (χ1v) is 10.6. The molecule has 0 atom stereocenters. The molecule has 0 unspecified atom stereocenters. The summed E-state index contributed by atoms with van der Waals surface area (Å²) in [6, 6.07) is 4.28. The maximum Gasteiger partial charge on any atom is 0.242 e. The molecule has 0 radical (unpaired) electrons. The Balaban J connectivity index is 1.85. The number of rotatable bonds is 6. The van der Waals surface area contributed by atoms with Gasteiger partial charge in [0.2, 0.25) is 21.9 Å². The number of benzene rings is 1. The van der Waals surface area contributed by atoms with E-state index in [1.165, 1.54) is 18.2 Å². The Labute approximate surface area is 168 Å². The van der Waals surface area contributed by atoms with Gasteiger partial charge in [0, 0.05) is 32.2 Å². The van der Waals surface area contributed by atoms with E-state index in [1.807, 2.05) is 14.1 Å². The average molecular weight is 431 g/mol. The van der Waals surface area contributed by atoms with E-state index in [9.17, 15) is 8.42 Å². The number of aromatic nitrogens is 3. The smallest absolute Gasteiger partial charge is 0.242 e. The normalized spacial score (nSPS) is 14.6. The Bertz CT molecular complexity index is 933. The molecule has 1 fully saturated rings. The molecule has 146 valence electrons. The van der Waals surface area contributed by atoms with Gasteiger partial charge in [-0.15, -0.1) is 0 Å². The number of nitrogens with one attached hydrogen (secondary N) is 1. The highest BCUT2D eigenvalue weighted by Crippen LogP contribution is 2.25. The maximum atomic E-state index is 12.6. The second-order valence-electron chi connectivity index (χ2n) is 6.34. The summed E-state index contributed by atoms with van der Waals surface area (Å²) in [5, 5.41) is 0.375. The molecule has 3 rings (SSSR count). The minimum Gasteiger partial charge on any atom is -0.347 e. The standard InChI is InChI=1S/C16H20Cl2N6O2S/c1-23(2)15-20-14(21-16(22-15)24-7-3-4-8-24)10-19-27(25,26)13-9-11(17)5-6-12(13)18/h5-6,9,19H,3-4,7-8,10H2,1-2H3. The van der Waals surface area contributed by atoms with Gasteiger partial charge in [0.15, 0.2) is 5.82 Å². The van der Waals surface area contributed by atoms with Crippen molar-refractivity contribution in [3.63, 3.8) is 0 Å². The molecule has 27 heavy (non-hydrogen) atoms. The van der Waals surface area contributed by atoms with Crippen molar-refractivity contribution in [3.05, 3.63) is 34.1 Å². The Morgan fingerprint density at radius 1 is 1.15 bits per heavy atom. The molecule has 1 saturated heterocycles. The molecule has 2 aromatic rings. The van der Waals surface area contributed by atoms with E-state index in [1.54, 1.807) is 4.90 Å². The van der Waals surface area contributed by atoms with Gasteiger partial charge in [0.25, 0.3) is 0 Å². The van der Waals surface area contributed by atoms with Crippen LogP contribution in [0.15, 0.2) is 23.1 Å². The summed E-state index contributed by atoms with van der Waals surface area (Å²) in [4.78, 5) is 17.0. The van der Waals surface area contributed by atoms with Crippen molar-refractivity contribution in [3.8, 4) is 0 Å². The lowest BCUT2D eigenvalue weighted by molar-refractivity contribution is 0.579. The molecule has 1 aliphatic rings. The molecule has 1 aromatic heterocycles. The lowest BCUT2D eigenvalue weighted by atomic mass is 10.4. The molecule has 1 aromatic carbocycles. The fourth-order valence-electron chi connectivity index (χ4n) is 2.65. The Kier molecular flexibility index (Phi) is 6.05. The van der Waals surface area contributed by atoms with Crippen molar-refractivity contribution in [2.75, 3.05) is 37.0 Å². The van der Waals surface area contributed by atoms with Gasteiger partial charge in [-0.05, 0) is 31.0 Å². The van der Waals surface area contributed by atoms with Crippen LogP contribution in [0.25, 0.3) is 0 Å². The molecule has 0 bridgehead atoms. The third-order valence-electron chi connectivity index (χ3n) is 4.05. The van der Waals surface area contributed by atoms with Crippen LogP contribution in [-0.4, -0.2) is 50.6 Å². The van der Waals surface area contributed by atoms with E-state index in [0.29, 0.717) is 17.7 Å². The molecular weight excluding hydrogens is 411 g/mol. The van der Waals surface area contributed by atoms with Crippen LogP contribution in [0.4, 0.5) is 11.9 Å².